The maximum Gasteiger partial charge on any atom is 0.437 e. The highest BCUT2D eigenvalue weighted by Crippen LogP contribution is 2.31. The molecule has 0 aliphatic heterocycles. The fourth-order valence-electron chi connectivity index (χ4n) is 2.59. The first-order chi connectivity index (χ1) is 12.8. The van der Waals surface area contributed by atoms with Crippen molar-refractivity contribution in [2.75, 3.05) is 0 Å². The highest BCUT2D eigenvalue weighted by Gasteiger charge is 2.24. The highest BCUT2D eigenvalue weighted by atomic mass is 32.1. The van der Waals surface area contributed by atoms with E-state index in [9.17, 15) is 4.79 Å². The lowest BCUT2D eigenvalue weighted by molar-refractivity contribution is 0.0522. The standard InChI is InChI=1S/C18H18N6O2S/c1-10-8-20-14(21-10)16-22-12(9-27-16)13-11-6-5-7-19-15(11)24(23-13)17(25)26-18(2,3)4/h5-9H,1-4H3,(H,20,21). The quantitative estimate of drug-likeness (QED) is 0.562. The van der Waals surface area contributed by atoms with Crippen molar-refractivity contribution < 1.29 is 9.53 Å². The Bertz CT molecular complexity index is 1130. The molecule has 4 aromatic heterocycles. The topological polar surface area (TPSA) is 98.6 Å². The summed E-state index contributed by atoms with van der Waals surface area (Å²) in [6.07, 6.45) is 2.80. The number of hydrogen-bond acceptors (Lipinski definition) is 7. The molecule has 1 N–H and O–H groups in total. The first-order valence-corrected chi connectivity index (χ1v) is 9.25. The highest BCUT2D eigenvalue weighted by molar-refractivity contribution is 7.13. The number of aromatic nitrogens is 6. The molecule has 0 spiro atoms. The van der Waals surface area contributed by atoms with E-state index in [1.807, 2.05) is 39.1 Å². The molecule has 0 aromatic carbocycles. The predicted molar refractivity (Wildman–Crippen MR) is 103 cm³/mol. The van der Waals surface area contributed by atoms with Gasteiger partial charge in [0.25, 0.3) is 0 Å². The molecular formula is C18H18N6O2S. The molecule has 0 aliphatic carbocycles. The molecule has 4 heterocycles. The maximum atomic E-state index is 12.6. The third kappa shape index (κ3) is 3.33. The molecule has 4 rings (SSSR count). The molecule has 0 bridgehead atoms. The number of nitrogens with zero attached hydrogens (tertiary/aromatic N) is 5. The normalized spacial score (nSPS) is 11.9. The van der Waals surface area contributed by atoms with Crippen molar-refractivity contribution in [3.8, 4) is 22.2 Å². The molecule has 0 amide bonds. The number of carbonyl (C=O) groups is 1. The fraction of sp³-hybridized carbons (Fsp3) is 0.278. The smallest absolute Gasteiger partial charge is 0.437 e. The van der Waals surface area contributed by atoms with Crippen LogP contribution < -0.4 is 0 Å². The van der Waals surface area contributed by atoms with Crippen molar-refractivity contribution in [1.29, 1.82) is 0 Å². The minimum atomic E-state index is -0.630. The van der Waals surface area contributed by atoms with Crippen LogP contribution in [0, 0.1) is 6.92 Å². The summed E-state index contributed by atoms with van der Waals surface area (Å²) >= 11 is 1.46. The lowest BCUT2D eigenvalue weighted by Crippen LogP contribution is -2.27. The average Bonchev–Trinajstić information content (AvgIpc) is 3.30. The number of carbonyl (C=O) groups excluding carboxylic acids is 1. The molecule has 0 unspecified atom stereocenters. The van der Waals surface area contributed by atoms with Crippen LogP contribution in [0.15, 0.2) is 29.9 Å². The summed E-state index contributed by atoms with van der Waals surface area (Å²) in [5.41, 5.74) is 2.00. The van der Waals surface area contributed by atoms with Gasteiger partial charge < -0.3 is 9.72 Å². The molecule has 4 aromatic rings. The second-order valence-corrected chi connectivity index (χ2v) is 7.93. The van der Waals surface area contributed by atoms with Crippen molar-refractivity contribution in [3.05, 3.63) is 35.6 Å². The van der Waals surface area contributed by atoms with Crippen LogP contribution in [0.25, 0.3) is 33.3 Å². The second-order valence-electron chi connectivity index (χ2n) is 7.07. The Morgan fingerprint density at radius 2 is 2.11 bits per heavy atom. The SMILES string of the molecule is Cc1cnc(-c2nc(-c3nn(C(=O)OC(C)(C)C)c4ncccc34)cs2)[nH]1. The van der Waals surface area contributed by atoms with Gasteiger partial charge in [-0.3, -0.25) is 0 Å². The summed E-state index contributed by atoms with van der Waals surface area (Å²) < 4.78 is 6.63. The molecule has 0 aliphatic rings. The summed E-state index contributed by atoms with van der Waals surface area (Å²) in [6, 6.07) is 3.66. The van der Waals surface area contributed by atoms with Gasteiger partial charge >= 0.3 is 6.09 Å². The molecule has 138 valence electrons. The third-order valence-corrected chi connectivity index (χ3v) is 4.51. The van der Waals surface area contributed by atoms with Crippen molar-refractivity contribution in [1.82, 2.24) is 29.7 Å². The van der Waals surface area contributed by atoms with E-state index in [1.165, 1.54) is 16.0 Å². The van der Waals surface area contributed by atoms with E-state index >= 15 is 0 Å². The molecule has 0 fully saturated rings. The maximum absolute atomic E-state index is 12.6. The number of rotatable bonds is 2. The average molecular weight is 382 g/mol. The first-order valence-electron chi connectivity index (χ1n) is 8.37. The predicted octanol–water partition coefficient (Wildman–Crippen LogP) is 4.04. The molecule has 0 radical (unpaired) electrons. The van der Waals surface area contributed by atoms with Gasteiger partial charge in [-0.1, -0.05) is 0 Å². The summed E-state index contributed by atoms with van der Waals surface area (Å²) in [7, 11) is 0. The second kappa shape index (κ2) is 6.27. The molecule has 9 heteroatoms. The lowest BCUT2D eigenvalue weighted by Gasteiger charge is -2.18. The van der Waals surface area contributed by atoms with Crippen molar-refractivity contribution >= 4 is 28.5 Å². The van der Waals surface area contributed by atoms with E-state index in [-0.39, 0.29) is 0 Å². The van der Waals surface area contributed by atoms with Gasteiger partial charge in [0.1, 0.15) is 17.0 Å². The van der Waals surface area contributed by atoms with Gasteiger partial charge in [-0.05, 0) is 39.8 Å². The number of ether oxygens (including phenoxy) is 1. The Morgan fingerprint density at radius 3 is 2.81 bits per heavy atom. The van der Waals surface area contributed by atoms with Crippen LogP contribution in [0.3, 0.4) is 0 Å². The summed E-state index contributed by atoms with van der Waals surface area (Å²) in [5.74, 6) is 0.706. The molecule has 0 saturated carbocycles. The van der Waals surface area contributed by atoms with Crippen molar-refractivity contribution in [2.45, 2.75) is 33.3 Å². The minimum Gasteiger partial charge on any atom is -0.442 e. The fourth-order valence-corrected chi connectivity index (χ4v) is 3.34. The van der Waals surface area contributed by atoms with Gasteiger partial charge in [-0.25, -0.2) is 19.7 Å². The number of fused-ring (bicyclic) bond motifs is 1. The van der Waals surface area contributed by atoms with E-state index in [0.717, 1.165) is 16.1 Å². The van der Waals surface area contributed by atoms with Crippen LogP contribution >= 0.6 is 11.3 Å². The lowest BCUT2D eigenvalue weighted by atomic mass is 10.2. The number of aryl methyl sites for hydroxylation is 1. The van der Waals surface area contributed by atoms with E-state index in [2.05, 4.69) is 25.0 Å². The van der Waals surface area contributed by atoms with E-state index in [0.29, 0.717) is 22.9 Å². The Labute approximate surface area is 159 Å². The van der Waals surface area contributed by atoms with Gasteiger partial charge in [0.05, 0.1) is 0 Å². The molecular weight excluding hydrogens is 364 g/mol. The third-order valence-electron chi connectivity index (χ3n) is 3.66. The van der Waals surface area contributed by atoms with Gasteiger partial charge in [-0.15, -0.1) is 16.0 Å². The number of nitrogens with one attached hydrogen (secondary N) is 1. The van der Waals surface area contributed by atoms with Gasteiger partial charge in [0.15, 0.2) is 16.5 Å². The van der Waals surface area contributed by atoms with Crippen molar-refractivity contribution in [2.24, 2.45) is 0 Å². The zero-order valence-electron chi connectivity index (χ0n) is 15.3. The van der Waals surface area contributed by atoms with Crippen LogP contribution in [0.4, 0.5) is 4.79 Å². The number of hydrogen-bond donors (Lipinski definition) is 1. The monoisotopic (exact) mass is 382 g/mol. The van der Waals surface area contributed by atoms with Crippen LogP contribution in [-0.2, 0) is 4.74 Å². The number of H-pyrrole nitrogens is 1. The van der Waals surface area contributed by atoms with Crippen LogP contribution in [0.5, 0.6) is 0 Å². The first kappa shape index (κ1) is 17.3. The number of pyridine rings is 1. The van der Waals surface area contributed by atoms with Gasteiger partial charge in [0, 0.05) is 28.9 Å². The van der Waals surface area contributed by atoms with Crippen LogP contribution in [0.2, 0.25) is 0 Å². The molecule has 0 atom stereocenters. The zero-order chi connectivity index (χ0) is 19.2. The Hall–Kier alpha value is -3.07. The van der Waals surface area contributed by atoms with E-state index in [1.54, 1.807) is 18.5 Å². The Morgan fingerprint density at radius 1 is 1.30 bits per heavy atom. The Balaban J connectivity index is 1.79. The van der Waals surface area contributed by atoms with Gasteiger partial charge in [-0.2, -0.15) is 5.10 Å². The molecule has 27 heavy (non-hydrogen) atoms. The van der Waals surface area contributed by atoms with Crippen LogP contribution in [-0.4, -0.2) is 41.4 Å². The number of aromatic amines is 1. The summed E-state index contributed by atoms with van der Waals surface area (Å²) in [5, 5.41) is 7.82. The molecule has 0 saturated heterocycles. The van der Waals surface area contributed by atoms with E-state index < -0.39 is 11.7 Å². The van der Waals surface area contributed by atoms with Crippen LogP contribution in [0.1, 0.15) is 26.5 Å². The zero-order valence-corrected chi connectivity index (χ0v) is 16.2. The summed E-state index contributed by atoms with van der Waals surface area (Å²) in [6.45, 7) is 7.36. The molecule has 8 nitrogen and oxygen atoms in total. The number of imidazole rings is 1. The minimum absolute atomic E-state index is 0.435. The Kier molecular flexibility index (Phi) is 4.03. The van der Waals surface area contributed by atoms with Crippen molar-refractivity contribution in [3.63, 3.8) is 0 Å². The largest absolute Gasteiger partial charge is 0.442 e. The number of thiazole rings is 1. The van der Waals surface area contributed by atoms with Gasteiger partial charge in [0.2, 0.25) is 0 Å². The van der Waals surface area contributed by atoms with E-state index in [4.69, 9.17) is 4.74 Å². The summed E-state index contributed by atoms with van der Waals surface area (Å²) in [4.78, 5) is 29.0.